The van der Waals surface area contributed by atoms with Gasteiger partial charge in [-0.1, -0.05) is 63.5 Å². The monoisotopic (exact) mass is 270 g/mol. The van der Waals surface area contributed by atoms with E-state index in [2.05, 4.69) is 17.1 Å². The molecule has 0 bridgehead atoms. The van der Waals surface area contributed by atoms with Crippen LogP contribution in [0, 0.1) is 0 Å². The molecule has 1 aromatic rings. The normalized spacial score (nSPS) is 10.6. The lowest BCUT2D eigenvalue weighted by atomic mass is 10.1. The van der Waals surface area contributed by atoms with Gasteiger partial charge in [0.1, 0.15) is 0 Å². The summed E-state index contributed by atoms with van der Waals surface area (Å²) in [5.74, 6) is 0.558. The SMILES string of the molecule is CCCCCCCCCCOc1ccc(Cl)nn1. The lowest BCUT2D eigenvalue weighted by Gasteiger charge is -2.04. The molecule has 0 aromatic carbocycles. The van der Waals surface area contributed by atoms with Crippen LogP contribution in [-0.4, -0.2) is 16.8 Å². The quantitative estimate of drug-likeness (QED) is 0.581. The first kappa shape index (κ1) is 15.2. The van der Waals surface area contributed by atoms with Crippen LogP contribution in [0.25, 0.3) is 0 Å². The summed E-state index contributed by atoms with van der Waals surface area (Å²) in [6.45, 7) is 2.96. The molecule has 0 N–H and O–H groups in total. The van der Waals surface area contributed by atoms with E-state index in [1.165, 1.54) is 44.9 Å². The molecule has 0 unspecified atom stereocenters. The first-order valence-corrected chi connectivity index (χ1v) is 7.32. The van der Waals surface area contributed by atoms with Crippen molar-refractivity contribution in [1.29, 1.82) is 0 Å². The molecule has 0 amide bonds. The molecular formula is C14H23ClN2O. The van der Waals surface area contributed by atoms with Crippen LogP contribution in [0.3, 0.4) is 0 Å². The summed E-state index contributed by atoms with van der Waals surface area (Å²) < 4.78 is 5.47. The fourth-order valence-electron chi connectivity index (χ4n) is 1.79. The third-order valence-corrected chi connectivity index (χ3v) is 3.06. The van der Waals surface area contributed by atoms with Gasteiger partial charge in [-0.3, -0.25) is 0 Å². The molecule has 1 aromatic heterocycles. The van der Waals surface area contributed by atoms with Gasteiger partial charge in [0.25, 0.3) is 0 Å². The molecule has 0 saturated heterocycles. The fourth-order valence-corrected chi connectivity index (χ4v) is 1.89. The largest absolute Gasteiger partial charge is 0.477 e. The number of aromatic nitrogens is 2. The Hall–Kier alpha value is -0.830. The maximum Gasteiger partial charge on any atom is 0.233 e. The maximum absolute atomic E-state index is 5.64. The van der Waals surface area contributed by atoms with E-state index in [9.17, 15) is 0 Å². The van der Waals surface area contributed by atoms with Crippen molar-refractivity contribution >= 4 is 11.6 Å². The Balaban J connectivity index is 1.91. The van der Waals surface area contributed by atoms with Crippen molar-refractivity contribution in [3.05, 3.63) is 17.3 Å². The highest BCUT2D eigenvalue weighted by atomic mass is 35.5. The molecule has 3 nitrogen and oxygen atoms in total. The Morgan fingerprint density at radius 1 is 0.944 bits per heavy atom. The number of nitrogens with zero attached hydrogens (tertiary/aromatic N) is 2. The minimum Gasteiger partial charge on any atom is -0.477 e. The maximum atomic E-state index is 5.64. The second-order valence-electron chi connectivity index (χ2n) is 4.52. The Bertz CT molecular complexity index is 303. The summed E-state index contributed by atoms with van der Waals surface area (Å²) in [7, 11) is 0. The van der Waals surface area contributed by atoms with Gasteiger partial charge in [-0.2, -0.15) is 0 Å². The zero-order valence-electron chi connectivity index (χ0n) is 11.2. The minimum atomic E-state index is 0.398. The van der Waals surface area contributed by atoms with E-state index < -0.39 is 0 Å². The van der Waals surface area contributed by atoms with Crippen molar-refractivity contribution in [2.24, 2.45) is 0 Å². The van der Waals surface area contributed by atoms with Crippen molar-refractivity contribution in [3.63, 3.8) is 0 Å². The lowest BCUT2D eigenvalue weighted by molar-refractivity contribution is 0.290. The predicted octanol–water partition coefficient (Wildman–Crippen LogP) is 4.65. The predicted molar refractivity (Wildman–Crippen MR) is 75.1 cm³/mol. The van der Waals surface area contributed by atoms with Gasteiger partial charge in [0.2, 0.25) is 5.88 Å². The Morgan fingerprint density at radius 2 is 1.61 bits per heavy atom. The summed E-state index contributed by atoms with van der Waals surface area (Å²) >= 11 is 5.64. The summed E-state index contributed by atoms with van der Waals surface area (Å²) in [5, 5.41) is 7.97. The van der Waals surface area contributed by atoms with Crippen molar-refractivity contribution < 1.29 is 4.74 Å². The zero-order chi connectivity index (χ0) is 13.1. The van der Waals surface area contributed by atoms with Crippen LogP contribution in [0.5, 0.6) is 5.88 Å². The number of unbranched alkanes of at least 4 members (excludes halogenated alkanes) is 7. The van der Waals surface area contributed by atoms with Gasteiger partial charge < -0.3 is 4.74 Å². The van der Waals surface area contributed by atoms with Crippen LogP contribution < -0.4 is 4.74 Å². The second kappa shape index (κ2) is 10.1. The van der Waals surface area contributed by atoms with Gasteiger partial charge in [-0.15, -0.1) is 10.2 Å². The molecule has 1 rings (SSSR count). The van der Waals surface area contributed by atoms with Crippen molar-refractivity contribution in [3.8, 4) is 5.88 Å². The summed E-state index contributed by atoms with van der Waals surface area (Å²) in [6, 6.07) is 3.44. The highest BCUT2D eigenvalue weighted by Gasteiger charge is 1.97. The molecule has 0 aliphatic rings. The second-order valence-corrected chi connectivity index (χ2v) is 4.90. The molecule has 0 aliphatic heterocycles. The zero-order valence-corrected chi connectivity index (χ0v) is 12.0. The Morgan fingerprint density at radius 3 is 2.22 bits per heavy atom. The topological polar surface area (TPSA) is 35.0 Å². The highest BCUT2D eigenvalue weighted by Crippen LogP contribution is 2.11. The molecule has 102 valence electrons. The van der Waals surface area contributed by atoms with E-state index in [-0.39, 0.29) is 0 Å². The van der Waals surface area contributed by atoms with Crippen molar-refractivity contribution in [1.82, 2.24) is 10.2 Å². The molecule has 0 saturated carbocycles. The first-order chi connectivity index (χ1) is 8.83. The van der Waals surface area contributed by atoms with E-state index in [0.717, 1.165) is 6.42 Å². The van der Waals surface area contributed by atoms with Gasteiger partial charge >= 0.3 is 0 Å². The van der Waals surface area contributed by atoms with Gasteiger partial charge in [0, 0.05) is 6.07 Å². The van der Waals surface area contributed by atoms with Crippen LogP contribution in [0.1, 0.15) is 58.3 Å². The molecular weight excluding hydrogens is 248 g/mol. The molecule has 0 fully saturated rings. The number of ether oxygens (including phenoxy) is 1. The van der Waals surface area contributed by atoms with E-state index >= 15 is 0 Å². The van der Waals surface area contributed by atoms with E-state index in [4.69, 9.17) is 16.3 Å². The van der Waals surface area contributed by atoms with Crippen LogP contribution >= 0.6 is 11.6 Å². The van der Waals surface area contributed by atoms with Crippen LogP contribution in [0.4, 0.5) is 0 Å². The van der Waals surface area contributed by atoms with Gasteiger partial charge in [-0.25, -0.2) is 0 Å². The summed E-state index contributed by atoms with van der Waals surface area (Å²) in [6.07, 6.45) is 10.4. The third-order valence-electron chi connectivity index (χ3n) is 2.86. The highest BCUT2D eigenvalue weighted by molar-refractivity contribution is 6.29. The number of hydrogen-bond donors (Lipinski definition) is 0. The van der Waals surface area contributed by atoms with Crippen LogP contribution in [-0.2, 0) is 0 Å². The number of halogens is 1. The lowest BCUT2D eigenvalue weighted by Crippen LogP contribution is -1.99. The van der Waals surface area contributed by atoms with Gasteiger partial charge in [0.15, 0.2) is 5.15 Å². The average molecular weight is 271 g/mol. The average Bonchev–Trinajstić information content (AvgIpc) is 2.39. The van der Waals surface area contributed by atoms with Gasteiger partial charge in [-0.05, 0) is 12.5 Å². The van der Waals surface area contributed by atoms with Crippen molar-refractivity contribution in [2.45, 2.75) is 58.3 Å². The third kappa shape index (κ3) is 7.49. The van der Waals surface area contributed by atoms with Crippen LogP contribution in [0.15, 0.2) is 12.1 Å². The molecule has 0 spiro atoms. The fraction of sp³-hybridized carbons (Fsp3) is 0.714. The Kier molecular flexibility index (Phi) is 8.57. The first-order valence-electron chi connectivity index (χ1n) is 6.95. The summed E-state index contributed by atoms with van der Waals surface area (Å²) in [4.78, 5) is 0. The van der Waals surface area contributed by atoms with Crippen LogP contribution in [0.2, 0.25) is 5.15 Å². The van der Waals surface area contributed by atoms with E-state index in [0.29, 0.717) is 17.6 Å². The van der Waals surface area contributed by atoms with Gasteiger partial charge in [0.05, 0.1) is 6.61 Å². The molecule has 1 heterocycles. The smallest absolute Gasteiger partial charge is 0.233 e. The summed E-state index contributed by atoms with van der Waals surface area (Å²) in [5.41, 5.74) is 0. The van der Waals surface area contributed by atoms with Crippen molar-refractivity contribution in [2.75, 3.05) is 6.61 Å². The Labute approximate surface area is 115 Å². The number of hydrogen-bond acceptors (Lipinski definition) is 3. The molecule has 0 atom stereocenters. The molecule has 4 heteroatoms. The number of rotatable bonds is 10. The minimum absolute atomic E-state index is 0.398. The standard InChI is InChI=1S/C14H23ClN2O/c1-2-3-4-5-6-7-8-9-12-18-14-11-10-13(15)16-17-14/h10-11H,2-9,12H2,1H3. The molecule has 18 heavy (non-hydrogen) atoms. The van der Waals surface area contributed by atoms with E-state index in [1.807, 2.05) is 0 Å². The molecule has 0 aliphatic carbocycles. The van der Waals surface area contributed by atoms with E-state index in [1.54, 1.807) is 12.1 Å². The molecule has 0 radical (unpaired) electrons.